The minimum atomic E-state index is -0.367. The summed E-state index contributed by atoms with van der Waals surface area (Å²) >= 11 is 1.37. The highest BCUT2D eigenvalue weighted by Gasteiger charge is 2.31. The summed E-state index contributed by atoms with van der Waals surface area (Å²) in [6, 6.07) is 9.89. The Labute approximate surface area is 156 Å². The van der Waals surface area contributed by atoms with Gasteiger partial charge in [0.2, 0.25) is 5.13 Å². The van der Waals surface area contributed by atoms with E-state index < -0.39 is 0 Å². The summed E-state index contributed by atoms with van der Waals surface area (Å²) in [5, 5.41) is 0.863. The minimum Gasteiger partial charge on any atom is -0.343 e. The number of hydrogen-bond acceptors (Lipinski definition) is 6. The predicted octanol–water partition coefficient (Wildman–Crippen LogP) is 1.48. The van der Waals surface area contributed by atoms with Crippen molar-refractivity contribution in [3.63, 3.8) is 0 Å². The van der Waals surface area contributed by atoms with Gasteiger partial charge in [0.25, 0.3) is 0 Å². The Kier molecular flexibility index (Phi) is 4.83. The monoisotopic (exact) mass is 371 g/mol. The molecule has 136 valence electrons. The number of carbonyl (C=O) groups is 2. The standard InChI is InChI=1S/C18H21N5O2S/c24-16(21-8-4-5-9-21)17(25)22-10-12-23(13-11-22)18-19-15(20-26-18)14-6-2-1-3-7-14/h1-3,6-7H,4-5,8-13H2. The molecule has 26 heavy (non-hydrogen) atoms. The van der Waals surface area contributed by atoms with E-state index in [2.05, 4.69) is 14.3 Å². The fourth-order valence-corrected chi connectivity index (χ4v) is 4.08. The Morgan fingerprint density at radius 2 is 1.46 bits per heavy atom. The molecule has 2 aliphatic rings. The molecular formula is C18H21N5O2S. The number of carbonyl (C=O) groups excluding carboxylic acids is 2. The summed E-state index contributed by atoms with van der Waals surface area (Å²) in [6.45, 7) is 3.83. The van der Waals surface area contributed by atoms with Gasteiger partial charge in [0.1, 0.15) is 0 Å². The highest BCUT2D eigenvalue weighted by Crippen LogP contribution is 2.24. The maximum absolute atomic E-state index is 12.4. The maximum Gasteiger partial charge on any atom is 0.312 e. The Hall–Kier alpha value is -2.48. The molecular weight excluding hydrogens is 350 g/mol. The zero-order chi connectivity index (χ0) is 17.9. The number of anilines is 1. The number of likely N-dealkylation sites (tertiary alicyclic amines) is 1. The molecule has 2 aromatic rings. The number of nitrogens with zero attached hydrogens (tertiary/aromatic N) is 5. The molecule has 2 aliphatic heterocycles. The first-order chi connectivity index (χ1) is 12.7. The van der Waals surface area contributed by atoms with Gasteiger partial charge < -0.3 is 14.7 Å². The van der Waals surface area contributed by atoms with Crippen LogP contribution in [0.25, 0.3) is 11.4 Å². The second kappa shape index (κ2) is 7.41. The molecule has 4 rings (SSSR count). The van der Waals surface area contributed by atoms with Crippen molar-refractivity contribution in [2.75, 3.05) is 44.2 Å². The molecule has 0 saturated carbocycles. The highest BCUT2D eigenvalue weighted by atomic mass is 32.1. The van der Waals surface area contributed by atoms with Crippen molar-refractivity contribution in [2.24, 2.45) is 0 Å². The lowest BCUT2D eigenvalue weighted by atomic mass is 10.2. The van der Waals surface area contributed by atoms with Gasteiger partial charge in [0.05, 0.1) is 0 Å². The topological polar surface area (TPSA) is 69.6 Å². The first-order valence-electron chi connectivity index (χ1n) is 8.94. The fraction of sp³-hybridized carbons (Fsp3) is 0.444. The Balaban J connectivity index is 1.36. The Morgan fingerprint density at radius 3 is 2.12 bits per heavy atom. The van der Waals surface area contributed by atoms with E-state index in [1.54, 1.807) is 9.80 Å². The summed E-state index contributed by atoms with van der Waals surface area (Å²) < 4.78 is 4.44. The molecule has 0 unspecified atom stereocenters. The van der Waals surface area contributed by atoms with Gasteiger partial charge in [-0.2, -0.15) is 9.36 Å². The van der Waals surface area contributed by atoms with E-state index in [9.17, 15) is 9.59 Å². The quantitative estimate of drug-likeness (QED) is 0.748. The Morgan fingerprint density at radius 1 is 0.846 bits per heavy atom. The number of rotatable bonds is 2. The minimum absolute atomic E-state index is 0.349. The molecule has 8 heteroatoms. The number of benzene rings is 1. The average Bonchev–Trinajstić information content (AvgIpc) is 3.40. The molecule has 3 heterocycles. The molecule has 2 amide bonds. The third kappa shape index (κ3) is 3.41. The van der Waals surface area contributed by atoms with Gasteiger partial charge in [0, 0.05) is 56.4 Å². The first kappa shape index (κ1) is 17.0. The number of amides is 2. The predicted molar refractivity (Wildman–Crippen MR) is 100.0 cm³/mol. The lowest BCUT2D eigenvalue weighted by Gasteiger charge is -2.34. The maximum atomic E-state index is 12.4. The van der Waals surface area contributed by atoms with Gasteiger partial charge in [-0.1, -0.05) is 30.3 Å². The summed E-state index contributed by atoms with van der Waals surface area (Å²) in [4.78, 5) is 34.8. The molecule has 7 nitrogen and oxygen atoms in total. The van der Waals surface area contributed by atoms with Gasteiger partial charge in [-0.05, 0) is 12.8 Å². The molecule has 1 aromatic carbocycles. The largest absolute Gasteiger partial charge is 0.343 e. The van der Waals surface area contributed by atoms with Crippen LogP contribution in [0.2, 0.25) is 0 Å². The van der Waals surface area contributed by atoms with Crippen LogP contribution in [0.15, 0.2) is 30.3 Å². The molecule has 0 bridgehead atoms. The second-order valence-corrected chi connectivity index (χ2v) is 7.28. The van der Waals surface area contributed by atoms with Crippen LogP contribution in [-0.4, -0.2) is 70.2 Å². The van der Waals surface area contributed by atoms with Crippen molar-refractivity contribution in [3.05, 3.63) is 30.3 Å². The van der Waals surface area contributed by atoms with Crippen molar-refractivity contribution >= 4 is 28.5 Å². The van der Waals surface area contributed by atoms with Gasteiger partial charge in [0.15, 0.2) is 5.82 Å². The van der Waals surface area contributed by atoms with E-state index in [1.165, 1.54) is 11.5 Å². The zero-order valence-electron chi connectivity index (χ0n) is 14.5. The number of hydrogen-bond donors (Lipinski definition) is 0. The van der Waals surface area contributed by atoms with Gasteiger partial charge in [-0.15, -0.1) is 0 Å². The van der Waals surface area contributed by atoms with Crippen molar-refractivity contribution in [1.82, 2.24) is 19.2 Å². The van der Waals surface area contributed by atoms with Crippen LogP contribution >= 0.6 is 11.5 Å². The van der Waals surface area contributed by atoms with Crippen molar-refractivity contribution in [1.29, 1.82) is 0 Å². The van der Waals surface area contributed by atoms with E-state index in [-0.39, 0.29) is 11.8 Å². The van der Waals surface area contributed by atoms with E-state index >= 15 is 0 Å². The smallest absolute Gasteiger partial charge is 0.312 e. The van der Waals surface area contributed by atoms with Crippen LogP contribution in [-0.2, 0) is 9.59 Å². The van der Waals surface area contributed by atoms with Crippen LogP contribution in [0.1, 0.15) is 12.8 Å². The van der Waals surface area contributed by atoms with Gasteiger partial charge >= 0.3 is 11.8 Å². The van der Waals surface area contributed by atoms with Crippen LogP contribution in [0.3, 0.4) is 0 Å². The van der Waals surface area contributed by atoms with Crippen LogP contribution in [0.5, 0.6) is 0 Å². The van der Waals surface area contributed by atoms with E-state index in [0.29, 0.717) is 39.3 Å². The van der Waals surface area contributed by atoms with Gasteiger partial charge in [-0.3, -0.25) is 9.59 Å². The van der Waals surface area contributed by atoms with Crippen molar-refractivity contribution in [3.8, 4) is 11.4 Å². The SMILES string of the molecule is O=C(C(=O)N1CCN(c2nc(-c3ccccc3)ns2)CC1)N1CCCC1. The molecule has 2 saturated heterocycles. The molecule has 2 fully saturated rings. The normalized spacial score (nSPS) is 17.6. The first-order valence-corrected chi connectivity index (χ1v) is 9.72. The van der Waals surface area contributed by atoms with Crippen LogP contribution in [0.4, 0.5) is 5.13 Å². The third-order valence-corrected chi connectivity index (χ3v) is 5.64. The summed E-state index contributed by atoms with van der Waals surface area (Å²) in [7, 11) is 0. The van der Waals surface area contributed by atoms with Crippen LogP contribution < -0.4 is 4.90 Å². The van der Waals surface area contributed by atoms with Gasteiger partial charge in [-0.25, -0.2) is 0 Å². The third-order valence-electron chi connectivity index (χ3n) is 4.86. The zero-order valence-corrected chi connectivity index (χ0v) is 15.3. The van der Waals surface area contributed by atoms with E-state index in [0.717, 1.165) is 29.4 Å². The lowest BCUT2D eigenvalue weighted by molar-refractivity contribution is -0.151. The molecule has 0 spiro atoms. The Bertz CT molecular complexity index is 780. The molecule has 0 radical (unpaired) electrons. The van der Waals surface area contributed by atoms with E-state index in [1.807, 2.05) is 30.3 Å². The average molecular weight is 371 g/mol. The molecule has 0 N–H and O–H groups in total. The van der Waals surface area contributed by atoms with Crippen LogP contribution in [0, 0.1) is 0 Å². The highest BCUT2D eigenvalue weighted by molar-refractivity contribution is 7.09. The lowest BCUT2D eigenvalue weighted by Crippen LogP contribution is -2.53. The summed E-state index contributed by atoms with van der Waals surface area (Å²) in [6.07, 6.45) is 1.99. The fourth-order valence-electron chi connectivity index (χ4n) is 3.34. The molecule has 0 atom stereocenters. The second-order valence-electron chi connectivity index (χ2n) is 6.55. The van der Waals surface area contributed by atoms with Crippen molar-refractivity contribution in [2.45, 2.75) is 12.8 Å². The summed E-state index contributed by atoms with van der Waals surface area (Å²) in [5.41, 5.74) is 1.00. The molecule has 0 aliphatic carbocycles. The van der Waals surface area contributed by atoms with E-state index in [4.69, 9.17) is 0 Å². The van der Waals surface area contributed by atoms with Crippen molar-refractivity contribution < 1.29 is 9.59 Å². The summed E-state index contributed by atoms with van der Waals surface area (Å²) in [5.74, 6) is 0.0142. The number of piperazine rings is 1. The number of aromatic nitrogens is 2. The molecule has 1 aromatic heterocycles.